The van der Waals surface area contributed by atoms with Gasteiger partial charge in [-0.25, -0.2) is 0 Å². The monoisotopic (exact) mass is 322 g/mol. The largest absolute Gasteiger partial charge is 0.493 e. The predicted molar refractivity (Wildman–Crippen MR) is 83.8 cm³/mol. The van der Waals surface area contributed by atoms with Gasteiger partial charge in [-0.1, -0.05) is 12.1 Å². The molecule has 118 valence electrons. The molecule has 1 saturated heterocycles. The average Bonchev–Trinajstić information content (AvgIpc) is 2.45. The minimum Gasteiger partial charge on any atom is -0.493 e. The highest BCUT2D eigenvalue weighted by Gasteiger charge is 2.56. The van der Waals surface area contributed by atoms with Crippen LogP contribution in [0.2, 0.25) is 0 Å². The van der Waals surface area contributed by atoms with E-state index < -0.39 is 11.6 Å². The van der Waals surface area contributed by atoms with Crippen molar-refractivity contribution in [2.24, 2.45) is 5.92 Å². The Bertz CT molecular complexity index is 636. The molecular formula is C15H18N2O4S. The van der Waals surface area contributed by atoms with Gasteiger partial charge in [-0.2, -0.15) is 0 Å². The Kier molecular flexibility index (Phi) is 3.60. The maximum Gasteiger partial charge on any atom is 0.317 e. The maximum absolute atomic E-state index is 12.4. The van der Waals surface area contributed by atoms with Crippen molar-refractivity contribution in [2.75, 3.05) is 13.7 Å². The summed E-state index contributed by atoms with van der Waals surface area (Å²) in [6, 6.07) is 5.26. The van der Waals surface area contributed by atoms with Crippen LogP contribution in [0.3, 0.4) is 0 Å². The average molecular weight is 322 g/mol. The number of hydrogen-bond donors (Lipinski definition) is 2. The Morgan fingerprint density at radius 3 is 2.95 bits per heavy atom. The van der Waals surface area contributed by atoms with Crippen LogP contribution in [-0.2, 0) is 9.53 Å². The van der Waals surface area contributed by atoms with Crippen molar-refractivity contribution in [3.63, 3.8) is 0 Å². The molecule has 1 fully saturated rings. The molecule has 0 amide bonds. The lowest BCUT2D eigenvalue weighted by Gasteiger charge is -2.50. The van der Waals surface area contributed by atoms with E-state index in [0.29, 0.717) is 23.2 Å². The van der Waals surface area contributed by atoms with Crippen molar-refractivity contribution >= 4 is 23.3 Å². The SMILES string of the molecule is CCOC(=O)[C@H]1[C@H]2NC(=S)N[C@@]1(C)Oc1c(OC)cccc12. The van der Waals surface area contributed by atoms with Crippen LogP contribution in [0.5, 0.6) is 11.5 Å². The number of fused-ring (bicyclic) bond motifs is 4. The third kappa shape index (κ3) is 2.16. The van der Waals surface area contributed by atoms with E-state index in [0.717, 1.165) is 5.56 Å². The number of benzene rings is 1. The number of thiocarbonyl (C=S) groups is 1. The molecule has 0 unspecified atom stereocenters. The molecule has 22 heavy (non-hydrogen) atoms. The molecule has 6 nitrogen and oxygen atoms in total. The van der Waals surface area contributed by atoms with Crippen LogP contribution in [0.4, 0.5) is 0 Å². The van der Waals surface area contributed by atoms with E-state index in [1.165, 1.54) is 0 Å². The maximum atomic E-state index is 12.4. The Hall–Kier alpha value is -2.02. The fourth-order valence-electron chi connectivity index (χ4n) is 3.08. The van der Waals surface area contributed by atoms with Gasteiger partial charge in [0.2, 0.25) is 0 Å². The number of carbonyl (C=O) groups excluding carboxylic acids is 1. The van der Waals surface area contributed by atoms with E-state index in [1.807, 2.05) is 18.2 Å². The lowest BCUT2D eigenvalue weighted by Crippen LogP contribution is -2.70. The van der Waals surface area contributed by atoms with E-state index in [-0.39, 0.29) is 12.0 Å². The fourth-order valence-corrected chi connectivity index (χ4v) is 3.41. The molecule has 2 aliphatic rings. The summed E-state index contributed by atoms with van der Waals surface area (Å²) in [5.41, 5.74) is -0.153. The summed E-state index contributed by atoms with van der Waals surface area (Å²) in [5, 5.41) is 6.65. The lowest BCUT2D eigenvalue weighted by molar-refractivity contribution is -0.162. The van der Waals surface area contributed by atoms with E-state index in [9.17, 15) is 4.79 Å². The highest BCUT2D eigenvalue weighted by molar-refractivity contribution is 7.80. The van der Waals surface area contributed by atoms with Gasteiger partial charge in [0.25, 0.3) is 0 Å². The van der Waals surface area contributed by atoms with E-state index in [4.69, 9.17) is 26.4 Å². The number of nitrogens with one attached hydrogen (secondary N) is 2. The Labute approximate surface area is 134 Å². The van der Waals surface area contributed by atoms with Gasteiger partial charge in [-0.15, -0.1) is 0 Å². The van der Waals surface area contributed by atoms with Crippen LogP contribution in [0.15, 0.2) is 18.2 Å². The third-order valence-corrected chi connectivity index (χ3v) is 4.21. The highest BCUT2D eigenvalue weighted by atomic mass is 32.1. The summed E-state index contributed by atoms with van der Waals surface area (Å²) >= 11 is 5.24. The van der Waals surface area contributed by atoms with Crippen molar-refractivity contribution in [3.8, 4) is 11.5 Å². The van der Waals surface area contributed by atoms with Gasteiger partial charge >= 0.3 is 5.97 Å². The van der Waals surface area contributed by atoms with Gasteiger partial charge in [0.05, 0.1) is 19.8 Å². The molecule has 3 atom stereocenters. The number of esters is 1. The highest BCUT2D eigenvalue weighted by Crippen LogP contribution is 2.48. The quantitative estimate of drug-likeness (QED) is 0.645. The zero-order chi connectivity index (χ0) is 15.9. The number of para-hydroxylation sites is 1. The number of rotatable bonds is 3. The number of methoxy groups -OCH3 is 1. The lowest BCUT2D eigenvalue weighted by atomic mass is 9.80. The second-order valence-corrected chi connectivity index (χ2v) is 5.80. The van der Waals surface area contributed by atoms with Crippen molar-refractivity contribution in [1.29, 1.82) is 0 Å². The first-order valence-electron chi connectivity index (χ1n) is 7.11. The molecule has 0 radical (unpaired) electrons. The molecule has 0 aliphatic carbocycles. The third-order valence-electron chi connectivity index (χ3n) is 3.99. The van der Waals surface area contributed by atoms with Crippen LogP contribution < -0.4 is 20.1 Å². The number of ether oxygens (including phenoxy) is 3. The van der Waals surface area contributed by atoms with Crippen molar-refractivity contribution in [3.05, 3.63) is 23.8 Å². The van der Waals surface area contributed by atoms with Crippen LogP contribution in [0.25, 0.3) is 0 Å². The Morgan fingerprint density at radius 2 is 2.27 bits per heavy atom. The molecule has 0 spiro atoms. The minimum atomic E-state index is -0.985. The van der Waals surface area contributed by atoms with Gasteiger partial charge < -0.3 is 24.8 Å². The van der Waals surface area contributed by atoms with Gasteiger partial charge in [0.1, 0.15) is 5.92 Å². The number of carbonyl (C=O) groups is 1. The summed E-state index contributed by atoms with van der Waals surface area (Å²) in [4.78, 5) is 12.4. The first-order valence-corrected chi connectivity index (χ1v) is 7.52. The number of hydrogen-bond acceptors (Lipinski definition) is 5. The van der Waals surface area contributed by atoms with Crippen molar-refractivity contribution in [2.45, 2.75) is 25.6 Å². The molecule has 0 aromatic heterocycles. The second kappa shape index (κ2) is 5.31. The van der Waals surface area contributed by atoms with Crippen LogP contribution in [0.1, 0.15) is 25.5 Å². The van der Waals surface area contributed by atoms with E-state index in [2.05, 4.69) is 10.6 Å². The van der Waals surface area contributed by atoms with Gasteiger partial charge in [0, 0.05) is 5.56 Å². The normalized spacial score (nSPS) is 28.6. The first kappa shape index (κ1) is 14.9. The first-order chi connectivity index (χ1) is 10.5. The predicted octanol–water partition coefficient (Wildman–Crippen LogP) is 1.50. The zero-order valence-corrected chi connectivity index (χ0v) is 13.5. The molecule has 0 saturated carbocycles. The van der Waals surface area contributed by atoms with Crippen LogP contribution in [0, 0.1) is 5.92 Å². The van der Waals surface area contributed by atoms with E-state index >= 15 is 0 Å². The summed E-state index contributed by atoms with van der Waals surface area (Å²) in [5.74, 6) is 0.345. The van der Waals surface area contributed by atoms with Crippen molar-refractivity contribution < 1.29 is 19.0 Å². The molecule has 1 aromatic carbocycles. The molecule has 3 rings (SSSR count). The van der Waals surface area contributed by atoms with Crippen LogP contribution in [-0.4, -0.2) is 30.5 Å². The van der Waals surface area contributed by atoms with Crippen LogP contribution >= 0.6 is 12.2 Å². The standard InChI is InChI=1S/C15H18N2O4S/c1-4-20-13(18)10-11-8-6-5-7-9(19-3)12(8)21-15(10,2)17-14(22)16-11/h5-7,10-11H,4H2,1-3H3,(H2,16,17,22)/t10-,11+,15+/m1/s1. The van der Waals surface area contributed by atoms with Gasteiger partial charge in [-0.05, 0) is 32.1 Å². The summed E-state index contributed by atoms with van der Waals surface area (Å²) in [6.45, 7) is 3.89. The Balaban J connectivity index is 2.12. The van der Waals surface area contributed by atoms with E-state index in [1.54, 1.807) is 21.0 Å². The molecule has 7 heteroatoms. The zero-order valence-electron chi connectivity index (χ0n) is 12.6. The molecule has 2 N–H and O–H groups in total. The molecule has 2 aliphatic heterocycles. The summed E-state index contributed by atoms with van der Waals surface area (Å²) < 4.78 is 16.7. The Morgan fingerprint density at radius 1 is 1.50 bits per heavy atom. The van der Waals surface area contributed by atoms with Gasteiger partial charge in [0.15, 0.2) is 22.3 Å². The topological polar surface area (TPSA) is 68.8 Å². The molecule has 2 bridgehead atoms. The summed E-state index contributed by atoms with van der Waals surface area (Å²) in [7, 11) is 1.58. The molecular weight excluding hydrogens is 304 g/mol. The fraction of sp³-hybridized carbons (Fsp3) is 0.467. The van der Waals surface area contributed by atoms with Crippen molar-refractivity contribution in [1.82, 2.24) is 10.6 Å². The second-order valence-electron chi connectivity index (χ2n) is 5.39. The summed E-state index contributed by atoms with van der Waals surface area (Å²) in [6.07, 6.45) is 0. The smallest absolute Gasteiger partial charge is 0.317 e. The molecule has 1 aromatic rings. The van der Waals surface area contributed by atoms with Gasteiger partial charge in [-0.3, -0.25) is 4.79 Å². The molecule has 2 heterocycles. The minimum absolute atomic E-state index is 0.313.